The van der Waals surface area contributed by atoms with E-state index in [0.717, 1.165) is 54.4 Å². The number of aromatic nitrogens is 1. The molecule has 1 aromatic carbocycles. The van der Waals surface area contributed by atoms with Gasteiger partial charge in [0.2, 0.25) is 0 Å². The van der Waals surface area contributed by atoms with Crippen molar-refractivity contribution in [3.63, 3.8) is 0 Å². The van der Waals surface area contributed by atoms with Crippen LogP contribution in [-0.4, -0.2) is 41.5 Å². The van der Waals surface area contributed by atoms with Gasteiger partial charge in [0, 0.05) is 36.5 Å². The summed E-state index contributed by atoms with van der Waals surface area (Å²) < 4.78 is 0. The first kappa shape index (κ1) is 16.9. The maximum atomic E-state index is 13.1. The lowest BCUT2D eigenvalue weighted by Gasteiger charge is -2.46. The molecule has 0 saturated carbocycles. The molecule has 0 radical (unpaired) electrons. The fourth-order valence-electron chi connectivity index (χ4n) is 3.55. The van der Waals surface area contributed by atoms with Crippen molar-refractivity contribution < 1.29 is 4.79 Å². The van der Waals surface area contributed by atoms with Gasteiger partial charge in [-0.3, -0.25) is 9.78 Å². The summed E-state index contributed by atoms with van der Waals surface area (Å²) in [5.41, 5.74) is 3.64. The van der Waals surface area contributed by atoms with E-state index in [1.54, 1.807) is 6.20 Å². The molecule has 24 heavy (non-hydrogen) atoms. The van der Waals surface area contributed by atoms with E-state index in [2.05, 4.69) is 10.3 Å². The first-order valence-electron chi connectivity index (χ1n) is 8.27. The van der Waals surface area contributed by atoms with Gasteiger partial charge >= 0.3 is 0 Å². The lowest BCUT2D eigenvalue weighted by Crippen LogP contribution is -2.62. The minimum atomic E-state index is 0. The van der Waals surface area contributed by atoms with Crippen molar-refractivity contribution >= 4 is 18.3 Å². The SMILES string of the molecule is Cc1ccc(-c2ccccn2)c(C(=O)N2CC[C@H]3CNC3C2)c1.Cl. The Morgan fingerprint density at radius 1 is 1.29 bits per heavy atom. The van der Waals surface area contributed by atoms with E-state index in [9.17, 15) is 4.79 Å². The zero-order chi connectivity index (χ0) is 15.8. The summed E-state index contributed by atoms with van der Waals surface area (Å²) in [6.45, 7) is 4.81. The molecule has 2 saturated heterocycles. The van der Waals surface area contributed by atoms with E-state index in [0.29, 0.717) is 6.04 Å². The number of fused-ring (bicyclic) bond motifs is 1. The number of hydrogen-bond acceptors (Lipinski definition) is 3. The Labute approximate surface area is 148 Å². The molecule has 4 nitrogen and oxygen atoms in total. The van der Waals surface area contributed by atoms with Crippen molar-refractivity contribution in [2.45, 2.75) is 19.4 Å². The van der Waals surface area contributed by atoms with Gasteiger partial charge in [0.05, 0.1) is 5.69 Å². The number of halogens is 1. The number of nitrogens with zero attached hydrogens (tertiary/aromatic N) is 2. The van der Waals surface area contributed by atoms with Crippen molar-refractivity contribution in [1.29, 1.82) is 0 Å². The van der Waals surface area contributed by atoms with Crippen molar-refractivity contribution in [1.82, 2.24) is 15.2 Å². The van der Waals surface area contributed by atoms with E-state index in [1.807, 2.05) is 48.2 Å². The molecule has 2 atom stereocenters. The van der Waals surface area contributed by atoms with E-state index in [-0.39, 0.29) is 18.3 Å². The number of carbonyl (C=O) groups is 1. The largest absolute Gasteiger partial charge is 0.337 e. The number of carbonyl (C=O) groups excluding carboxylic acids is 1. The molecule has 1 N–H and O–H groups in total. The molecule has 2 aromatic rings. The second-order valence-corrected chi connectivity index (χ2v) is 6.58. The average Bonchev–Trinajstić information content (AvgIpc) is 2.56. The highest BCUT2D eigenvalue weighted by molar-refractivity contribution is 6.00. The monoisotopic (exact) mass is 343 g/mol. The molecule has 1 unspecified atom stereocenters. The first-order valence-corrected chi connectivity index (χ1v) is 8.27. The van der Waals surface area contributed by atoms with Crippen LogP contribution in [0.2, 0.25) is 0 Å². The van der Waals surface area contributed by atoms with Crippen molar-refractivity contribution in [3.8, 4) is 11.3 Å². The van der Waals surface area contributed by atoms with Crippen LogP contribution in [0.1, 0.15) is 22.3 Å². The number of nitrogens with one attached hydrogen (secondary N) is 1. The number of likely N-dealkylation sites (tertiary alicyclic amines) is 1. The molecular formula is C19H22ClN3O. The summed E-state index contributed by atoms with van der Waals surface area (Å²) in [7, 11) is 0. The van der Waals surface area contributed by atoms with Crippen LogP contribution in [-0.2, 0) is 0 Å². The highest BCUT2D eigenvalue weighted by Gasteiger charge is 2.37. The number of piperidine rings is 1. The fourth-order valence-corrected chi connectivity index (χ4v) is 3.55. The summed E-state index contributed by atoms with van der Waals surface area (Å²) in [4.78, 5) is 19.5. The lowest BCUT2D eigenvalue weighted by molar-refractivity contribution is 0.0519. The van der Waals surface area contributed by atoms with Gasteiger partial charge in [-0.1, -0.05) is 23.8 Å². The Morgan fingerprint density at radius 2 is 2.17 bits per heavy atom. The molecule has 126 valence electrons. The Balaban J connectivity index is 0.00000169. The molecule has 2 aliphatic rings. The standard InChI is InChI=1S/C19H21N3O.ClH/c1-13-5-6-15(17-4-2-3-8-20-17)16(10-13)19(23)22-9-7-14-11-21-18(14)12-22;/h2-6,8,10,14,18,21H,7,9,11-12H2,1H3;1H/t14-,18?;/m0./s1. The van der Waals surface area contributed by atoms with Crippen LogP contribution >= 0.6 is 12.4 Å². The molecule has 2 aliphatic heterocycles. The molecule has 1 aromatic heterocycles. The van der Waals surface area contributed by atoms with Crippen LogP contribution in [0.4, 0.5) is 0 Å². The third kappa shape index (κ3) is 3.04. The maximum Gasteiger partial charge on any atom is 0.254 e. The normalized spacial score (nSPS) is 22.1. The molecular weight excluding hydrogens is 322 g/mol. The summed E-state index contributed by atoms with van der Waals surface area (Å²) in [5, 5.41) is 3.44. The molecule has 0 spiro atoms. The Kier molecular flexibility index (Phi) is 4.88. The van der Waals surface area contributed by atoms with E-state index in [4.69, 9.17) is 0 Å². The topological polar surface area (TPSA) is 45.2 Å². The second kappa shape index (κ2) is 6.91. The van der Waals surface area contributed by atoms with Crippen molar-refractivity contribution in [2.75, 3.05) is 19.6 Å². The lowest BCUT2D eigenvalue weighted by atomic mass is 9.84. The first-order chi connectivity index (χ1) is 11.2. The molecule has 5 heteroatoms. The zero-order valence-corrected chi connectivity index (χ0v) is 14.6. The number of benzene rings is 1. The van der Waals surface area contributed by atoms with Crippen LogP contribution in [0.3, 0.4) is 0 Å². The molecule has 1 amide bonds. The minimum absolute atomic E-state index is 0. The van der Waals surface area contributed by atoms with Gasteiger partial charge < -0.3 is 10.2 Å². The molecule has 0 bridgehead atoms. The van der Waals surface area contributed by atoms with Gasteiger partial charge in [-0.25, -0.2) is 0 Å². The Bertz CT molecular complexity index is 735. The van der Waals surface area contributed by atoms with Gasteiger partial charge in [0.25, 0.3) is 5.91 Å². The highest BCUT2D eigenvalue weighted by atomic mass is 35.5. The number of amides is 1. The minimum Gasteiger partial charge on any atom is -0.337 e. The Morgan fingerprint density at radius 3 is 2.83 bits per heavy atom. The molecule has 0 aliphatic carbocycles. The number of aryl methyl sites for hydroxylation is 1. The van der Waals surface area contributed by atoms with Crippen LogP contribution in [0.25, 0.3) is 11.3 Å². The van der Waals surface area contributed by atoms with E-state index < -0.39 is 0 Å². The van der Waals surface area contributed by atoms with Gasteiger partial charge in [-0.15, -0.1) is 12.4 Å². The van der Waals surface area contributed by atoms with Gasteiger partial charge in [-0.2, -0.15) is 0 Å². The highest BCUT2D eigenvalue weighted by Crippen LogP contribution is 2.28. The number of hydrogen-bond donors (Lipinski definition) is 1. The molecule has 2 fully saturated rings. The van der Waals surface area contributed by atoms with Gasteiger partial charge in [0.15, 0.2) is 0 Å². The zero-order valence-electron chi connectivity index (χ0n) is 13.7. The summed E-state index contributed by atoms with van der Waals surface area (Å²) in [6, 6.07) is 12.3. The number of pyridine rings is 1. The Hall–Kier alpha value is -1.91. The van der Waals surface area contributed by atoms with E-state index >= 15 is 0 Å². The third-order valence-corrected chi connectivity index (χ3v) is 5.03. The van der Waals surface area contributed by atoms with Crippen LogP contribution in [0.15, 0.2) is 42.6 Å². The van der Waals surface area contributed by atoms with Gasteiger partial charge in [0.1, 0.15) is 0 Å². The second-order valence-electron chi connectivity index (χ2n) is 6.58. The van der Waals surface area contributed by atoms with Crippen LogP contribution in [0, 0.1) is 12.8 Å². The predicted octanol–water partition coefficient (Wildman–Crippen LogP) is 2.91. The summed E-state index contributed by atoms with van der Waals surface area (Å²) >= 11 is 0. The summed E-state index contributed by atoms with van der Waals surface area (Å²) in [5.74, 6) is 0.883. The number of rotatable bonds is 2. The van der Waals surface area contributed by atoms with E-state index in [1.165, 1.54) is 0 Å². The predicted molar refractivity (Wildman–Crippen MR) is 97.5 cm³/mol. The average molecular weight is 344 g/mol. The fraction of sp³-hybridized carbons (Fsp3) is 0.368. The van der Waals surface area contributed by atoms with Crippen LogP contribution < -0.4 is 5.32 Å². The maximum absolute atomic E-state index is 13.1. The van der Waals surface area contributed by atoms with Crippen LogP contribution in [0.5, 0.6) is 0 Å². The molecule has 3 heterocycles. The molecule has 4 rings (SSSR count). The van der Waals surface area contributed by atoms with Crippen molar-refractivity contribution in [2.24, 2.45) is 5.92 Å². The summed E-state index contributed by atoms with van der Waals surface area (Å²) in [6.07, 6.45) is 2.88. The smallest absolute Gasteiger partial charge is 0.254 e. The van der Waals surface area contributed by atoms with Gasteiger partial charge in [-0.05, 0) is 44.0 Å². The van der Waals surface area contributed by atoms with Crippen molar-refractivity contribution in [3.05, 3.63) is 53.7 Å². The quantitative estimate of drug-likeness (QED) is 0.912. The third-order valence-electron chi connectivity index (χ3n) is 5.03.